The third kappa shape index (κ3) is 3.03. The molecule has 0 saturated carbocycles. The Morgan fingerprint density at radius 1 is 1.44 bits per heavy atom. The largest absolute Gasteiger partial charge is 0.364 e. The summed E-state index contributed by atoms with van der Waals surface area (Å²) in [6, 6.07) is 3.70. The van der Waals surface area contributed by atoms with Crippen molar-refractivity contribution in [2.24, 2.45) is 0 Å². The maximum Gasteiger partial charge on any atom is 0.257 e. The highest BCUT2D eigenvalue weighted by Gasteiger charge is 2.05. The van der Waals surface area contributed by atoms with Crippen LogP contribution in [0.3, 0.4) is 0 Å². The third-order valence-corrected chi connectivity index (χ3v) is 2.75. The summed E-state index contributed by atoms with van der Waals surface area (Å²) in [5.41, 5.74) is 1.16. The minimum atomic E-state index is -2.37. The summed E-state index contributed by atoms with van der Waals surface area (Å²) in [4.78, 5) is 0. The van der Waals surface area contributed by atoms with E-state index in [1.165, 1.54) is 4.68 Å². The number of thiophene rings is 1. The summed E-state index contributed by atoms with van der Waals surface area (Å²) in [6.45, 7) is 0.301. The minimum Gasteiger partial charge on any atom is -0.364 e. The van der Waals surface area contributed by atoms with E-state index in [9.17, 15) is 8.78 Å². The first-order valence-electron chi connectivity index (χ1n) is 4.80. The lowest BCUT2D eigenvalue weighted by atomic mass is 10.3. The van der Waals surface area contributed by atoms with Crippen molar-refractivity contribution in [2.45, 2.75) is 19.5 Å². The second-order valence-electron chi connectivity index (χ2n) is 3.30. The van der Waals surface area contributed by atoms with Crippen molar-refractivity contribution < 1.29 is 8.78 Å². The lowest BCUT2D eigenvalue weighted by Crippen LogP contribution is -2.07. The number of halogens is 2. The van der Waals surface area contributed by atoms with E-state index < -0.39 is 6.43 Å². The van der Waals surface area contributed by atoms with Gasteiger partial charge in [0, 0.05) is 18.8 Å². The highest BCUT2D eigenvalue weighted by atomic mass is 32.1. The van der Waals surface area contributed by atoms with Crippen LogP contribution in [0.1, 0.15) is 5.56 Å². The van der Waals surface area contributed by atoms with Gasteiger partial charge in [0.1, 0.15) is 12.4 Å². The quantitative estimate of drug-likeness (QED) is 0.875. The number of aromatic nitrogens is 2. The van der Waals surface area contributed by atoms with Crippen LogP contribution in [0.5, 0.6) is 0 Å². The Hall–Kier alpha value is -1.43. The van der Waals surface area contributed by atoms with Gasteiger partial charge in [-0.2, -0.15) is 16.4 Å². The van der Waals surface area contributed by atoms with Crippen molar-refractivity contribution in [3.63, 3.8) is 0 Å². The van der Waals surface area contributed by atoms with Gasteiger partial charge >= 0.3 is 0 Å². The number of hydrogen-bond donors (Lipinski definition) is 1. The molecular weight excluding hydrogens is 232 g/mol. The molecule has 0 aliphatic rings. The highest BCUT2D eigenvalue weighted by molar-refractivity contribution is 7.07. The molecule has 2 aromatic rings. The SMILES string of the molecule is FC(F)Cn1ccc(NCc2ccsc2)n1. The lowest BCUT2D eigenvalue weighted by Gasteiger charge is -2.01. The lowest BCUT2D eigenvalue weighted by molar-refractivity contribution is 0.122. The molecule has 0 saturated heterocycles. The molecule has 3 nitrogen and oxygen atoms in total. The summed E-state index contributed by atoms with van der Waals surface area (Å²) in [6.07, 6.45) is -0.827. The number of nitrogens with one attached hydrogen (secondary N) is 1. The van der Waals surface area contributed by atoms with Gasteiger partial charge in [-0.1, -0.05) is 0 Å². The Labute approximate surface area is 95.7 Å². The van der Waals surface area contributed by atoms with Crippen LogP contribution in [0.25, 0.3) is 0 Å². The molecule has 0 aromatic carbocycles. The Bertz CT molecular complexity index is 425. The highest BCUT2D eigenvalue weighted by Crippen LogP contribution is 2.10. The zero-order valence-electron chi connectivity index (χ0n) is 8.44. The average molecular weight is 243 g/mol. The minimum absolute atomic E-state index is 0.361. The van der Waals surface area contributed by atoms with Crippen molar-refractivity contribution in [1.82, 2.24) is 9.78 Å². The molecule has 0 radical (unpaired) electrons. The maximum absolute atomic E-state index is 12.1. The molecule has 0 unspecified atom stereocenters. The topological polar surface area (TPSA) is 29.9 Å². The summed E-state index contributed by atoms with van der Waals surface area (Å²) in [7, 11) is 0. The molecular formula is C10H11F2N3S. The third-order valence-electron chi connectivity index (χ3n) is 2.02. The molecule has 0 bridgehead atoms. The molecule has 16 heavy (non-hydrogen) atoms. The molecule has 0 atom stereocenters. The van der Waals surface area contributed by atoms with Gasteiger partial charge in [0.2, 0.25) is 0 Å². The van der Waals surface area contributed by atoms with E-state index in [0.717, 1.165) is 5.56 Å². The molecule has 0 fully saturated rings. The molecule has 2 aromatic heterocycles. The van der Waals surface area contributed by atoms with Gasteiger partial charge in [0.15, 0.2) is 0 Å². The fourth-order valence-electron chi connectivity index (χ4n) is 1.28. The number of nitrogens with zero attached hydrogens (tertiary/aromatic N) is 2. The molecule has 0 aliphatic carbocycles. The molecule has 0 amide bonds. The van der Waals surface area contributed by atoms with Crippen LogP contribution in [0.2, 0.25) is 0 Å². The van der Waals surface area contributed by atoms with Gasteiger partial charge in [-0.05, 0) is 22.4 Å². The number of rotatable bonds is 5. The smallest absolute Gasteiger partial charge is 0.257 e. The molecule has 0 aliphatic heterocycles. The Kier molecular flexibility index (Phi) is 3.51. The summed E-state index contributed by atoms with van der Waals surface area (Å²) in [5.74, 6) is 0.617. The average Bonchev–Trinajstić information content (AvgIpc) is 2.84. The van der Waals surface area contributed by atoms with Crippen LogP contribution in [0.15, 0.2) is 29.1 Å². The van der Waals surface area contributed by atoms with Crippen molar-refractivity contribution in [3.05, 3.63) is 34.7 Å². The zero-order chi connectivity index (χ0) is 11.4. The Balaban J connectivity index is 1.88. The molecule has 86 valence electrons. The van der Waals surface area contributed by atoms with Gasteiger partial charge in [0.05, 0.1) is 0 Å². The van der Waals surface area contributed by atoms with Gasteiger partial charge in [-0.25, -0.2) is 8.78 Å². The zero-order valence-corrected chi connectivity index (χ0v) is 9.25. The van der Waals surface area contributed by atoms with Gasteiger partial charge in [0.25, 0.3) is 6.43 Å². The summed E-state index contributed by atoms with van der Waals surface area (Å²) in [5, 5.41) is 11.1. The van der Waals surface area contributed by atoms with Crippen LogP contribution in [0, 0.1) is 0 Å². The van der Waals surface area contributed by atoms with E-state index >= 15 is 0 Å². The predicted octanol–water partition coefficient (Wildman–Crippen LogP) is 2.82. The van der Waals surface area contributed by atoms with E-state index in [2.05, 4.69) is 10.4 Å². The van der Waals surface area contributed by atoms with Gasteiger partial charge in [-0.3, -0.25) is 4.68 Å². The fourth-order valence-corrected chi connectivity index (χ4v) is 1.95. The van der Waals surface area contributed by atoms with Crippen molar-refractivity contribution in [3.8, 4) is 0 Å². The summed E-state index contributed by atoms with van der Waals surface area (Å²) >= 11 is 1.62. The normalized spacial score (nSPS) is 10.9. The molecule has 2 rings (SSSR count). The van der Waals surface area contributed by atoms with Crippen LogP contribution in [-0.2, 0) is 13.1 Å². The van der Waals surface area contributed by atoms with E-state index in [1.807, 2.05) is 16.8 Å². The summed E-state index contributed by atoms with van der Waals surface area (Å²) < 4.78 is 25.4. The van der Waals surface area contributed by atoms with Gasteiger partial charge in [-0.15, -0.1) is 0 Å². The van der Waals surface area contributed by atoms with E-state index in [1.54, 1.807) is 23.6 Å². The molecule has 2 heterocycles. The first kappa shape index (κ1) is 11.1. The number of alkyl halides is 2. The van der Waals surface area contributed by atoms with Crippen LogP contribution in [-0.4, -0.2) is 16.2 Å². The van der Waals surface area contributed by atoms with Crippen molar-refractivity contribution in [2.75, 3.05) is 5.32 Å². The second kappa shape index (κ2) is 5.07. The van der Waals surface area contributed by atoms with Crippen molar-refractivity contribution >= 4 is 17.2 Å². The molecule has 1 N–H and O–H groups in total. The van der Waals surface area contributed by atoms with Crippen LogP contribution < -0.4 is 5.32 Å². The van der Waals surface area contributed by atoms with Crippen molar-refractivity contribution in [1.29, 1.82) is 0 Å². The van der Waals surface area contributed by atoms with E-state index in [0.29, 0.717) is 12.4 Å². The molecule has 6 heteroatoms. The van der Waals surface area contributed by atoms with Crippen LogP contribution >= 0.6 is 11.3 Å². The fraction of sp³-hybridized carbons (Fsp3) is 0.300. The first-order valence-corrected chi connectivity index (χ1v) is 5.75. The number of anilines is 1. The Morgan fingerprint density at radius 3 is 3.00 bits per heavy atom. The van der Waals surface area contributed by atoms with Crippen LogP contribution in [0.4, 0.5) is 14.6 Å². The Morgan fingerprint density at radius 2 is 2.31 bits per heavy atom. The predicted molar refractivity (Wildman–Crippen MR) is 59.9 cm³/mol. The molecule has 0 spiro atoms. The maximum atomic E-state index is 12.1. The van der Waals surface area contributed by atoms with E-state index in [4.69, 9.17) is 0 Å². The monoisotopic (exact) mass is 243 g/mol. The first-order chi connectivity index (χ1) is 7.74. The second-order valence-corrected chi connectivity index (χ2v) is 4.08. The van der Waals surface area contributed by atoms with E-state index in [-0.39, 0.29) is 6.54 Å². The number of hydrogen-bond acceptors (Lipinski definition) is 3. The standard InChI is InChI=1S/C10H11F2N3S/c11-9(12)6-15-3-1-10(14-15)13-5-8-2-4-16-7-8/h1-4,7,9H,5-6H2,(H,13,14). The van der Waals surface area contributed by atoms with Gasteiger partial charge < -0.3 is 5.32 Å².